The first kappa shape index (κ1) is 21.7. The van der Waals surface area contributed by atoms with Crippen LogP contribution in [0.5, 0.6) is 0 Å². The molecule has 0 spiro atoms. The molecule has 2 N–H and O–H groups in total. The van der Waals surface area contributed by atoms with Crippen molar-refractivity contribution in [2.75, 3.05) is 19.6 Å². The van der Waals surface area contributed by atoms with Gasteiger partial charge in [-0.15, -0.1) is 24.0 Å². The molecule has 148 valence electrons. The van der Waals surface area contributed by atoms with Gasteiger partial charge in [0.05, 0.1) is 0 Å². The molecule has 0 aromatic carbocycles. The van der Waals surface area contributed by atoms with Gasteiger partial charge in [-0.2, -0.15) is 4.98 Å². The van der Waals surface area contributed by atoms with Crippen molar-refractivity contribution in [2.45, 2.75) is 19.8 Å². The molecular weight excluding hydrogens is 469 g/mol. The lowest BCUT2D eigenvalue weighted by molar-refractivity contribution is 0.421. The largest absolute Gasteiger partial charge is 0.357 e. The number of hydrogen-bond acceptors (Lipinski definition) is 6. The molecule has 0 saturated heterocycles. The fourth-order valence-corrected chi connectivity index (χ4v) is 2.41. The van der Waals surface area contributed by atoms with Gasteiger partial charge in [-0.1, -0.05) is 17.3 Å². The Morgan fingerprint density at radius 1 is 1.04 bits per heavy atom. The Balaban J connectivity index is 0.00000280. The Bertz CT molecular complexity index is 840. The molecule has 0 radical (unpaired) electrons. The summed E-state index contributed by atoms with van der Waals surface area (Å²) in [5.41, 5.74) is 1.72. The lowest BCUT2D eigenvalue weighted by Gasteiger charge is -2.10. The normalized spacial score (nSPS) is 11.0. The van der Waals surface area contributed by atoms with Gasteiger partial charge in [-0.25, -0.2) is 0 Å². The molecule has 3 rings (SSSR count). The number of aliphatic imine (C=N–C) groups is 1. The molecule has 0 fully saturated rings. The van der Waals surface area contributed by atoms with Gasteiger partial charge in [-0.3, -0.25) is 15.0 Å². The van der Waals surface area contributed by atoms with Gasteiger partial charge >= 0.3 is 0 Å². The molecule has 8 nitrogen and oxygen atoms in total. The average Bonchev–Trinajstić information content (AvgIpc) is 3.18. The maximum Gasteiger partial charge on any atom is 0.276 e. The fourth-order valence-electron chi connectivity index (χ4n) is 2.41. The third kappa shape index (κ3) is 6.87. The molecule has 0 aliphatic heterocycles. The van der Waals surface area contributed by atoms with Crippen LogP contribution in [0.1, 0.15) is 18.4 Å². The molecule has 0 aliphatic carbocycles. The fraction of sp³-hybridized carbons (Fsp3) is 0.316. The first-order chi connectivity index (χ1) is 13.3. The van der Waals surface area contributed by atoms with Crippen molar-refractivity contribution in [1.82, 2.24) is 30.7 Å². The summed E-state index contributed by atoms with van der Waals surface area (Å²) in [7, 11) is 0. The lowest BCUT2D eigenvalue weighted by Crippen LogP contribution is -2.38. The Hall–Kier alpha value is -2.56. The van der Waals surface area contributed by atoms with Crippen LogP contribution in [0.15, 0.2) is 58.3 Å². The third-order valence-electron chi connectivity index (χ3n) is 3.70. The highest BCUT2D eigenvalue weighted by Crippen LogP contribution is 2.13. The highest BCUT2D eigenvalue weighted by atomic mass is 127. The van der Waals surface area contributed by atoms with Gasteiger partial charge in [0.25, 0.3) is 5.89 Å². The molecule has 9 heteroatoms. The van der Waals surface area contributed by atoms with E-state index >= 15 is 0 Å². The van der Waals surface area contributed by atoms with E-state index in [0.717, 1.165) is 31.2 Å². The molecule has 0 unspecified atom stereocenters. The Morgan fingerprint density at radius 2 is 1.86 bits per heavy atom. The molecule has 0 amide bonds. The smallest absolute Gasteiger partial charge is 0.276 e. The predicted octanol–water partition coefficient (Wildman–Crippen LogP) is 2.48. The van der Waals surface area contributed by atoms with Gasteiger partial charge in [0.15, 0.2) is 11.8 Å². The van der Waals surface area contributed by atoms with Crippen LogP contribution in [0.2, 0.25) is 0 Å². The number of halogens is 1. The SMILES string of the molecule is CCNC(=NCCc1noc(-c2ccccn2)n1)NCCc1ccccn1.I. The minimum absolute atomic E-state index is 0. The van der Waals surface area contributed by atoms with Crippen LogP contribution in [0.25, 0.3) is 11.6 Å². The van der Waals surface area contributed by atoms with Crippen molar-refractivity contribution >= 4 is 29.9 Å². The van der Waals surface area contributed by atoms with E-state index < -0.39 is 0 Å². The minimum atomic E-state index is 0. The summed E-state index contributed by atoms with van der Waals surface area (Å²) in [4.78, 5) is 17.4. The summed E-state index contributed by atoms with van der Waals surface area (Å²) in [5, 5.41) is 10.5. The zero-order valence-corrected chi connectivity index (χ0v) is 18.0. The van der Waals surface area contributed by atoms with Crippen LogP contribution in [-0.4, -0.2) is 45.7 Å². The van der Waals surface area contributed by atoms with E-state index in [4.69, 9.17) is 4.52 Å². The minimum Gasteiger partial charge on any atom is -0.357 e. The topological polar surface area (TPSA) is 101 Å². The van der Waals surface area contributed by atoms with Gasteiger partial charge < -0.3 is 15.2 Å². The van der Waals surface area contributed by atoms with Crippen molar-refractivity contribution in [3.8, 4) is 11.6 Å². The summed E-state index contributed by atoms with van der Waals surface area (Å²) in [5.74, 6) is 1.81. The number of guanidine groups is 1. The van der Waals surface area contributed by atoms with E-state index in [1.165, 1.54) is 0 Å². The van der Waals surface area contributed by atoms with Crippen LogP contribution in [-0.2, 0) is 12.8 Å². The van der Waals surface area contributed by atoms with Crippen LogP contribution in [0.3, 0.4) is 0 Å². The summed E-state index contributed by atoms with van der Waals surface area (Å²) in [6.45, 7) is 4.14. The number of nitrogens with one attached hydrogen (secondary N) is 2. The van der Waals surface area contributed by atoms with Crippen molar-refractivity contribution in [3.05, 3.63) is 60.3 Å². The highest BCUT2D eigenvalue weighted by molar-refractivity contribution is 14.0. The second-order valence-corrected chi connectivity index (χ2v) is 5.74. The lowest BCUT2D eigenvalue weighted by atomic mass is 10.3. The standard InChI is InChI=1S/C19H23N7O.HI/c1-2-20-19(23-13-9-15-7-3-5-11-21-15)24-14-10-17-25-18(27-26-17)16-8-4-6-12-22-16;/h3-8,11-12H,2,9-10,13-14H2,1H3,(H2,20,23,24);1H. The quantitative estimate of drug-likeness (QED) is 0.283. The predicted molar refractivity (Wildman–Crippen MR) is 119 cm³/mol. The van der Waals surface area contributed by atoms with Gasteiger partial charge in [0.1, 0.15) is 5.69 Å². The van der Waals surface area contributed by atoms with E-state index in [-0.39, 0.29) is 24.0 Å². The van der Waals surface area contributed by atoms with Crippen LogP contribution < -0.4 is 10.6 Å². The van der Waals surface area contributed by atoms with Gasteiger partial charge in [0, 0.05) is 50.6 Å². The number of aromatic nitrogens is 4. The Morgan fingerprint density at radius 3 is 2.57 bits per heavy atom. The molecule has 0 aliphatic rings. The molecule has 3 aromatic heterocycles. The molecule has 0 bridgehead atoms. The van der Waals surface area contributed by atoms with Gasteiger partial charge in [0.2, 0.25) is 0 Å². The summed E-state index contributed by atoms with van der Waals surface area (Å²) >= 11 is 0. The third-order valence-corrected chi connectivity index (χ3v) is 3.70. The van der Waals surface area contributed by atoms with Crippen LogP contribution >= 0.6 is 24.0 Å². The second kappa shape index (κ2) is 12.0. The molecule has 3 heterocycles. The summed E-state index contributed by atoms with van der Waals surface area (Å²) in [6.07, 6.45) is 4.93. The monoisotopic (exact) mass is 493 g/mol. The van der Waals surface area contributed by atoms with E-state index in [1.54, 1.807) is 12.4 Å². The first-order valence-electron chi connectivity index (χ1n) is 9.01. The van der Waals surface area contributed by atoms with E-state index in [1.807, 2.05) is 43.3 Å². The van der Waals surface area contributed by atoms with E-state index in [9.17, 15) is 0 Å². The molecule has 28 heavy (non-hydrogen) atoms. The molecular formula is C19H24IN7O. The summed E-state index contributed by atoms with van der Waals surface area (Å²) in [6, 6.07) is 11.5. The second-order valence-electron chi connectivity index (χ2n) is 5.74. The summed E-state index contributed by atoms with van der Waals surface area (Å²) < 4.78 is 5.26. The van der Waals surface area contributed by atoms with Crippen molar-refractivity contribution in [2.24, 2.45) is 4.99 Å². The van der Waals surface area contributed by atoms with Gasteiger partial charge in [-0.05, 0) is 31.2 Å². The van der Waals surface area contributed by atoms with E-state index in [2.05, 4.69) is 35.7 Å². The maximum absolute atomic E-state index is 5.26. The van der Waals surface area contributed by atoms with Crippen molar-refractivity contribution in [1.29, 1.82) is 0 Å². The highest BCUT2D eigenvalue weighted by Gasteiger charge is 2.09. The Kier molecular flexibility index (Phi) is 9.32. The number of hydrogen-bond donors (Lipinski definition) is 2. The zero-order valence-electron chi connectivity index (χ0n) is 15.7. The van der Waals surface area contributed by atoms with Crippen molar-refractivity contribution < 1.29 is 4.52 Å². The number of nitrogens with zero attached hydrogens (tertiary/aromatic N) is 5. The van der Waals surface area contributed by atoms with Crippen molar-refractivity contribution in [3.63, 3.8) is 0 Å². The number of rotatable bonds is 8. The van der Waals surface area contributed by atoms with Crippen LogP contribution in [0.4, 0.5) is 0 Å². The van der Waals surface area contributed by atoms with E-state index in [0.29, 0.717) is 30.4 Å². The zero-order chi connectivity index (χ0) is 18.7. The molecule has 3 aromatic rings. The number of pyridine rings is 2. The molecule has 0 atom stereocenters. The molecule has 0 saturated carbocycles. The Labute approximate surface area is 181 Å². The van der Waals surface area contributed by atoms with Crippen LogP contribution in [0, 0.1) is 0 Å². The first-order valence-corrected chi connectivity index (χ1v) is 9.01. The maximum atomic E-state index is 5.26. The average molecular weight is 493 g/mol.